The van der Waals surface area contributed by atoms with Gasteiger partial charge in [0.1, 0.15) is 0 Å². The van der Waals surface area contributed by atoms with Gasteiger partial charge in [-0.05, 0) is 37.5 Å². The smallest absolute Gasteiger partial charge is 0.0741 e. The van der Waals surface area contributed by atoms with Crippen molar-refractivity contribution < 1.29 is 5.11 Å². The van der Waals surface area contributed by atoms with Gasteiger partial charge >= 0.3 is 0 Å². The third kappa shape index (κ3) is 4.12. The summed E-state index contributed by atoms with van der Waals surface area (Å²) in [6.45, 7) is 7.18. The summed E-state index contributed by atoms with van der Waals surface area (Å²) >= 11 is 5.95. The minimum Gasteiger partial charge on any atom is -0.389 e. The van der Waals surface area contributed by atoms with Crippen LogP contribution in [0.1, 0.15) is 31.4 Å². The first-order valence-electron chi connectivity index (χ1n) is 5.63. The summed E-state index contributed by atoms with van der Waals surface area (Å²) in [5, 5.41) is 13.9. The van der Waals surface area contributed by atoms with E-state index < -0.39 is 5.60 Å². The van der Waals surface area contributed by atoms with Gasteiger partial charge in [-0.3, -0.25) is 0 Å². The van der Waals surface area contributed by atoms with Crippen molar-refractivity contribution in [2.45, 2.75) is 39.3 Å². The zero-order chi connectivity index (χ0) is 12.2. The minimum absolute atomic E-state index is 0.602. The summed E-state index contributed by atoms with van der Waals surface area (Å²) in [5.74, 6) is 0. The molecule has 1 rings (SSSR count). The second-order valence-electron chi connectivity index (χ2n) is 4.54. The molecule has 90 valence electrons. The molecule has 3 heteroatoms. The number of aliphatic hydroxyl groups is 1. The maximum absolute atomic E-state index is 9.82. The Morgan fingerprint density at radius 3 is 2.69 bits per heavy atom. The van der Waals surface area contributed by atoms with Gasteiger partial charge in [0.05, 0.1) is 5.60 Å². The molecule has 0 bridgehead atoms. The predicted octanol–water partition coefficient (Wildman–Crippen LogP) is 2.90. The summed E-state index contributed by atoms with van der Waals surface area (Å²) in [7, 11) is 0. The molecule has 0 aliphatic heterocycles. The lowest BCUT2D eigenvalue weighted by molar-refractivity contribution is 0.0555. The Morgan fingerprint density at radius 1 is 1.44 bits per heavy atom. The zero-order valence-electron chi connectivity index (χ0n) is 10.2. The van der Waals surface area contributed by atoms with Crippen LogP contribution in [0.25, 0.3) is 0 Å². The lowest BCUT2D eigenvalue weighted by Crippen LogP contribution is -2.36. The van der Waals surface area contributed by atoms with Crippen molar-refractivity contribution in [2.24, 2.45) is 0 Å². The first-order chi connectivity index (χ1) is 7.44. The van der Waals surface area contributed by atoms with Crippen LogP contribution in [0.2, 0.25) is 5.02 Å². The molecular weight excluding hydrogens is 222 g/mol. The topological polar surface area (TPSA) is 32.3 Å². The molecule has 0 amide bonds. The van der Waals surface area contributed by atoms with Crippen LogP contribution in [-0.4, -0.2) is 17.3 Å². The number of hydrogen-bond acceptors (Lipinski definition) is 2. The van der Waals surface area contributed by atoms with Gasteiger partial charge in [-0.1, -0.05) is 30.7 Å². The number of nitrogens with one attached hydrogen (secondary N) is 1. The second kappa shape index (κ2) is 5.67. The first-order valence-corrected chi connectivity index (χ1v) is 6.00. The molecule has 2 nitrogen and oxygen atoms in total. The molecule has 1 aromatic rings. The third-order valence-electron chi connectivity index (χ3n) is 2.82. The fourth-order valence-corrected chi connectivity index (χ4v) is 1.54. The van der Waals surface area contributed by atoms with Gasteiger partial charge in [-0.2, -0.15) is 0 Å². The number of aryl methyl sites for hydroxylation is 1. The Bertz CT molecular complexity index is 350. The highest BCUT2D eigenvalue weighted by atomic mass is 35.5. The van der Waals surface area contributed by atoms with E-state index in [1.54, 1.807) is 0 Å². The maximum atomic E-state index is 9.82. The minimum atomic E-state index is -0.624. The summed E-state index contributed by atoms with van der Waals surface area (Å²) in [6.07, 6.45) is 0.750. The van der Waals surface area contributed by atoms with Crippen molar-refractivity contribution in [1.82, 2.24) is 5.32 Å². The van der Waals surface area contributed by atoms with E-state index in [9.17, 15) is 5.11 Å². The lowest BCUT2D eigenvalue weighted by atomic mass is 10.0. The van der Waals surface area contributed by atoms with Gasteiger partial charge in [0, 0.05) is 18.1 Å². The molecule has 0 spiro atoms. The molecule has 0 saturated heterocycles. The second-order valence-corrected chi connectivity index (χ2v) is 4.94. The van der Waals surface area contributed by atoms with E-state index in [4.69, 9.17) is 11.6 Å². The Balaban J connectivity index is 2.46. The molecule has 1 unspecified atom stereocenters. The van der Waals surface area contributed by atoms with Crippen molar-refractivity contribution in [3.8, 4) is 0 Å². The van der Waals surface area contributed by atoms with E-state index >= 15 is 0 Å². The molecule has 0 fully saturated rings. The quantitative estimate of drug-likeness (QED) is 0.831. The van der Waals surface area contributed by atoms with Crippen LogP contribution in [0.5, 0.6) is 0 Å². The van der Waals surface area contributed by atoms with Crippen molar-refractivity contribution in [3.05, 3.63) is 34.3 Å². The highest BCUT2D eigenvalue weighted by Crippen LogP contribution is 2.16. The molecular formula is C13H20ClNO. The summed E-state index contributed by atoms with van der Waals surface area (Å²) < 4.78 is 0. The standard InChI is InChI=1S/C13H20ClNO/c1-4-13(3,16)9-15-8-11-5-6-12(14)10(2)7-11/h5-7,15-16H,4,8-9H2,1-3H3. The molecule has 0 saturated carbocycles. The van der Waals surface area contributed by atoms with E-state index in [1.807, 2.05) is 32.9 Å². The normalized spacial score (nSPS) is 14.8. The van der Waals surface area contributed by atoms with Gasteiger partial charge < -0.3 is 10.4 Å². The Hall–Kier alpha value is -0.570. The highest BCUT2D eigenvalue weighted by Gasteiger charge is 2.16. The third-order valence-corrected chi connectivity index (χ3v) is 3.24. The Kier molecular flexibility index (Phi) is 4.78. The molecule has 0 heterocycles. The SMILES string of the molecule is CCC(C)(O)CNCc1ccc(Cl)c(C)c1. The van der Waals surface area contributed by atoms with Crippen LogP contribution < -0.4 is 5.32 Å². The lowest BCUT2D eigenvalue weighted by Gasteiger charge is -2.21. The van der Waals surface area contributed by atoms with Crippen molar-refractivity contribution >= 4 is 11.6 Å². The van der Waals surface area contributed by atoms with Gasteiger partial charge in [0.25, 0.3) is 0 Å². The molecule has 1 aromatic carbocycles. The van der Waals surface area contributed by atoms with E-state index in [-0.39, 0.29) is 0 Å². The van der Waals surface area contributed by atoms with Crippen molar-refractivity contribution in [1.29, 1.82) is 0 Å². The van der Waals surface area contributed by atoms with Crippen LogP contribution in [0.4, 0.5) is 0 Å². The number of benzene rings is 1. The average Bonchev–Trinajstić information content (AvgIpc) is 2.23. The van der Waals surface area contributed by atoms with Gasteiger partial charge in [-0.25, -0.2) is 0 Å². The predicted molar refractivity (Wildman–Crippen MR) is 68.8 cm³/mol. The van der Waals surface area contributed by atoms with E-state index in [2.05, 4.69) is 11.4 Å². The number of hydrogen-bond donors (Lipinski definition) is 2. The summed E-state index contributed by atoms with van der Waals surface area (Å²) in [5.41, 5.74) is 1.65. The molecule has 0 radical (unpaired) electrons. The molecule has 1 atom stereocenters. The molecule has 16 heavy (non-hydrogen) atoms. The summed E-state index contributed by atoms with van der Waals surface area (Å²) in [6, 6.07) is 5.98. The maximum Gasteiger partial charge on any atom is 0.0741 e. The van der Waals surface area contributed by atoms with Gasteiger partial charge in [-0.15, -0.1) is 0 Å². The van der Waals surface area contributed by atoms with E-state index in [1.165, 1.54) is 5.56 Å². The zero-order valence-corrected chi connectivity index (χ0v) is 10.9. The van der Waals surface area contributed by atoms with Crippen LogP contribution in [0.3, 0.4) is 0 Å². The Labute approximate surface area is 103 Å². The fraction of sp³-hybridized carbons (Fsp3) is 0.538. The highest BCUT2D eigenvalue weighted by molar-refractivity contribution is 6.31. The van der Waals surface area contributed by atoms with Crippen molar-refractivity contribution in [3.63, 3.8) is 0 Å². The van der Waals surface area contributed by atoms with Crippen LogP contribution >= 0.6 is 11.6 Å². The summed E-state index contributed by atoms with van der Waals surface area (Å²) in [4.78, 5) is 0. The molecule has 0 aliphatic carbocycles. The van der Waals surface area contributed by atoms with Crippen LogP contribution in [-0.2, 0) is 6.54 Å². The number of halogens is 1. The van der Waals surface area contributed by atoms with Crippen LogP contribution in [0, 0.1) is 6.92 Å². The first kappa shape index (κ1) is 13.5. The largest absolute Gasteiger partial charge is 0.389 e. The van der Waals surface area contributed by atoms with Crippen molar-refractivity contribution in [2.75, 3.05) is 6.54 Å². The van der Waals surface area contributed by atoms with Crippen LogP contribution in [0.15, 0.2) is 18.2 Å². The molecule has 0 aliphatic rings. The van der Waals surface area contributed by atoms with E-state index in [0.717, 1.165) is 23.6 Å². The van der Waals surface area contributed by atoms with E-state index in [0.29, 0.717) is 6.54 Å². The molecule has 0 aromatic heterocycles. The number of rotatable bonds is 5. The fourth-order valence-electron chi connectivity index (χ4n) is 1.42. The van der Waals surface area contributed by atoms with Gasteiger partial charge in [0.15, 0.2) is 0 Å². The monoisotopic (exact) mass is 241 g/mol. The van der Waals surface area contributed by atoms with Gasteiger partial charge in [0.2, 0.25) is 0 Å². The average molecular weight is 242 g/mol. The Morgan fingerprint density at radius 2 is 2.12 bits per heavy atom. The molecule has 2 N–H and O–H groups in total.